The number of carbonyl (C=O) groups excluding carboxylic acids is 1. The van der Waals surface area contributed by atoms with E-state index in [0.717, 1.165) is 0 Å². The van der Waals surface area contributed by atoms with Crippen LogP contribution < -0.4 is 15.8 Å². The van der Waals surface area contributed by atoms with Crippen molar-refractivity contribution in [3.05, 3.63) is 24.3 Å². The fourth-order valence-electron chi connectivity index (χ4n) is 2.37. The number of nitrogens with two attached hydrogens (primary N) is 1. The van der Waals surface area contributed by atoms with E-state index in [0.29, 0.717) is 18.0 Å². The molecular weight excluding hydrogens is 338 g/mol. The van der Waals surface area contributed by atoms with Crippen LogP contribution in [0.4, 0.5) is 5.69 Å². The van der Waals surface area contributed by atoms with Gasteiger partial charge in [0.1, 0.15) is 0 Å². The lowest BCUT2D eigenvalue weighted by molar-refractivity contribution is -0.114. The van der Waals surface area contributed by atoms with Crippen molar-refractivity contribution in [1.82, 2.24) is 4.72 Å². The summed E-state index contributed by atoms with van der Waals surface area (Å²) in [6.45, 7) is 7.45. The Labute approximate surface area is 144 Å². The quantitative estimate of drug-likeness (QED) is 0.690. The fourth-order valence-corrected chi connectivity index (χ4v) is 3.80. The molecule has 1 aromatic carbocycles. The average Bonchev–Trinajstić information content (AvgIpc) is 2.37. The summed E-state index contributed by atoms with van der Waals surface area (Å²) in [4.78, 5) is 11.1. The number of hydrogen-bond acceptors (Lipinski definition) is 4. The zero-order valence-electron chi connectivity index (χ0n) is 13.9. The zero-order chi connectivity index (χ0) is 17.0. The van der Waals surface area contributed by atoms with Gasteiger partial charge in [0.25, 0.3) is 0 Å². The van der Waals surface area contributed by atoms with Crippen LogP contribution in [0.15, 0.2) is 29.2 Å². The van der Waals surface area contributed by atoms with E-state index in [-0.39, 0.29) is 29.8 Å². The largest absolute Gasteiger partial charge is 0.329 e. The predicted octanol–water partition coefficient (Wildman–Crippen LogP) is 2.11. The number of amides is 1. The predicted molar refractivity (Wildman–Crippen MR) is 95.2 cm³/mol. The molecule has 8 heteroatoms. The van der Waals surface area contributed by atoms with Gasteiger partial charge in [-0.2, -0.15) is 0 Å². The van der Waals surface area contributed by atoms with Crippen molar-refractivity contribution in [3.63, 3.8) is 0 Å². The zero-order valence-corrected chi connectivity index (χ0v) is 15.6. The van der Waals surface area contributed by atoms with Gasteiger partial charge < -0.3 is 11.1 Å². The minimum absolute atomic E-state index is 0. The molecule has 0 aliphatic heterocycles. The average molecular weight is 364 g/mol. The molecule has 1 amide bonds. The third-order valence-electron chi connectivity index (χ3n) is 3.18. The Balaban J connectivity index is 0.00000484. The standard InChI is InChI=1S/C15H25N3O3S.ClH/c1-11(2)9-15(4,10-16)18-22(20,21)14-7-5-13(6-8-14)17-12(3)19;/h5-8,11,18H,9-10,16H2,1-4H3,(H,17,19);1H. The van der Waals surface area contributed by atoms with Gasteiger partial charge in [0, 0.05) is 24.7 Å². The highest BCUT2D eigenvalue weighted by atomic mass is 35.5. The third kappa shape index (κ3) is 6.87. The van der Waals surface area contributed by atoms with Crippen molar-refractivity contribution in [2.24, 2.45) is 11.7 Å². The molecule has 1 rings (SSSR count). The van der Waals surface area contributed by atoms with Gasteiger partial charge in [0.2, 0.25) is 15.9 Å². The number of nitrogens with one attached hydrogen (secondary N) is 2. The van der Waals surface area contributed by atoms with E-state index in [1.165, 1.54) is 19.1 Å². The maximum atomic E-state index is 12.5. The van der Waals surface area contributed by atoms with Gasteiger partial charge in [0.15, 0.2) is 0 Å². The SMILES string of the molecule is CC(=O)Nc1ccc(S(=O)(=O)NC(C)(CN)CC(C)C)cc1.Cl. The molecule has 0 heterocycles. The lowest BCUT2D eigenvalue weighted by Crippen LogP contribution is -2.51. The first-order chi connectivity index (χ1) is 10.1. The van der Waals surface area contributed by atoms with E-state index < -0.39 is 15.6 Å². The summed E-state index contributed by atoms with van der Waals surface area (Å²) < 4.78 is 27.6. The minimum Gasteiger partial charge on any atom is -0.329 e. The van der Waals surface area contributed by atoms with Gasteiger partial charge in [0.05, 0.1) is 4.90 Å². The van der Waals surface area contributed by atoms with Crippen LogP contribution in [-0.2, 0) is 14.8 Å². The highest BCUT2D eigenvalue weighted by Crippen LogP contribution is 2.20. The Bertz CT molecular complexity index is 617. The van der Waals surface area contributed by atoms with E-state index >= 15 is 0 Å². The number of benzene rings is 1. The maximum absolute atomic E-state index is 12.5. The highest BCUT2D eigenvalue weighted by molar-refractivity contribution is 7.89. The summed E-state index contributed by atoms with van der Waals surface area (Å²) in [5.74, 6) is 0.111. The number of anilines is 1. The van der Waals surface area contributed by atoms with Gasteiger partial charge in [-0.3, -0.25) is 4.79 Å². The van der Waals surface area contributed by atoms with Crippen LogP contribution in [-0.4, -0.2) is 26.4 Å². The molecule has 4 N–H and O–H groups in total. The summed E-state index contributed by atoms with van der Waals surface area (Å²) in [7, 11) is -3.66. The van der Waals surface area contributed by atoms with Crippen molar-refractivity contribution < 1.29 is 13.2 Å². The van der Waals surface area contributed by atoms with Crippen LogP contribution in [0.2, 0.25) is 0 Å². The van der Waals surface area contributed by atoms with E-state index in [1.54, 1.807) is 19.1 Å². The molecule has 23 heavy (non-hydrogen) atoms. The fraction of sp³-hybridized carbons (Fsp3) is 0.533. The maximum Gasteiger partial charge on any atom is 0.241 e. The molecule has 6 nitrogen and oxygen atoms in total. The van der Waals surface area contributed by atoms with Crippen LogP contribution in [0.1, 0.15) is 34.1 Å². The third-order valence-corrected chi connectivity index (χ3v) is 4.83. The summed E-state index contributed by atoms with van der Waals surface area (Å²) in [5, 5.41) is 2.59. The summed E-state index contributed by atoms with van der Waals surface area (Å²) >= 11 is 0. The Morgan fingerprint density at radius 3 is 2.17 bits per heavy atom. The first-order valence-corrected chi connectivity index (χ1v) is 8.68. The van der Waals surface area contributed by atoms with E-state index in [9.17, 15) is 13.2 Å². The van der Waals surface area contributed by atoms with Crippen molar-refractivity contribution >= 4 is 34.0 Å². The van der Waals surface area contributed by atoms with E-state index in [4.69, 9.17) is 5.73 Å². The molecule has 0 bridgehead atoms. The Morgan fingerprint density at radius 2 is 1.78 bits per heavy atom. The number of sulfonamides is 1. The topological polar surface area (TPSA) is 101 Å². The Morgan fingerprint density at radius 1 is 1.26 bits per heavy atom. The molecule has 0 aromatic heterocycles. The Hall–Kier alpha value is -1.15. The molecule has 0 radical (unpaired) electrons. The molecule has 1 atom stereocenters. The summed E-state index contributed by atoms with van der Waals surface area (Å²) in [5.41, 5.74) is 5.61. The molecule has 0 fully saturated rings. The van der Waals surface area contributed by atoms with Crippen molar-refractivity contribution in [1.29, 1.82) is 0 Å². The molecular formula is C15H26ClN3O3S. The highest BCUT2D eigenvalue weighted by Gasteiger charge is 2.30. The van der Waals surface area contributed by atoms with E-state index in [2.05, 4.69) is 10.0 Å². The lowest BCUT2D eigenvalue weighted by Gasteiger charge is -2.30. The van der Waals surface area contributed by atoms with Crippen LogP contribution in [0.3, 0.4) is 0 Å². The Kier molecular flexibility index (Phi) is 8.20. The smallest absolute Gasteiger partial charge is 0.241 e. The monoisotopic (exact) mass is 363 g/mol. The molecule has 0 spiro atoms. The van der Waals surface area contributed by atoms with Crippen LogP contribution >= 0.6 is 12.4 Å². The lowest BCUT2D eigenvalue weighted by atomic mass is 9.92. The molecule has 1 aromatic rings. The van der Waals surface area contributed by atoms with Gasteiger partial charge in [-0.1, -0.05) is 13.8 Å². The van der Waals surface area contributed by atoms with Gasteiger partial charge in [-0.25, -0.2) is 13.1 Å². The molecule has 0 aliphatic carbocycles. The summed E-state index contributed by atoms with van der Waals surface area (Å²) in [6, 6.07) is 6.02. The van der Waals surface area contributed by atoms with Crippen LogP contribution in [0, 0.1) is 5.92 Å². The number of halogens is 1. The molecule has 0 saturated carbocycles. The van der Waals surface area contributed by atoms with Crippen LogP contribution in [0.5, 0.6) is 0 Å². The first kappa shape index (κ1) is 21.9. The van der Waals surface area contributed by atoms with E-state index in [1.807, 2.05) is 13.8 Å². The number of rotatable bonds is 7. The second-order valence-electron chi connectivity index (χ2n) is 6.17. The number of carbonyl (C=O) groups is 1. The first-order valence-electron chi connectivity index (χ1n) is 7.20. The minimum atomic E-state index is -3.66. The van der Waals surface area contributed by atoms with Crippen molar-refractivity contribution in [2.75, 3.05) is 11.9 Å². The second-order valence-corrected chi connectivity index (χ2v) is 7.86. The second kappa shape index (κ2) is 8.63. The molecule has 0 saturated heterocycles. The van der Waals surface area contributed by atoms with Crippen molar-refractivity contribution in [3.8, 4) is 0 Å². The summed E-state index contributed by atoms with van der Waals surface area (Å²) in [6.07, 6.45) is 0.646. The molecule has 1 unspecified atom stereocenters. The molecule has 0 aliphatic rings. The van der Waals surface area contributed by atoms with Gasteiger partial charge in [-0.15, -0.1) is 12.4 Å². The van der Waals surface area contributed by atoms with Gasteiger partial charge in [-0.05, 0) is 43.5 Å². The van der Waals surface area contributed by atoms with Gasteiger partial charge >= 0.3 is 0 Å². The number of hydrogen-bond donors (Lipinski definition) is 3. The normalized spacial score (nSPS) is 14.0. The van der Waals surface area contributed by atoms with Crippen LogP contribution in [0.25, 0.3) is 0 Å². The molecule has 132 valence electrons. The van der Waals surface area contributed by atoms with Crippen molar-refractivity contribution in [2.45, 2.75) is 44.6 Å².